The molecule has 1 aromatic carbocycles. The molecule has 0 aromatic heterocycles. The molecule has 2 rings (SSSR count). The number of rotatable bonds is 3. The molecule has 1 unspecified atom stereocenters. The fraction of sp³-hybridized carbons (Fsp3) is 0.533. The van der Waals surface area contributed by atoms with Gasteiger partial charge in [-0.25, -0.2) is 0 Å². The van der Waals surface area contributed by atoms with Crippen LogP contribution in [0.25, 0.3) is 0 Å². The first-order chi connectivity index (χ1) is 9.06. The fourth-order valence-corrected chi connectivity index (χ4v) is 2.50. The molecule has 1 aliphatic heterocycles. The zero-order valence-corrected chi connectivity index (χ0v) is 11.6. The minimum Gasteiger partial charge on any atom is -0.481 e. The van der Waals surface area contributed by atoms with Crippen LogP contribution in [0.15, 0.2) is 18.2 Å². The molecule has 1 saturated heterocycles. The van der Waals surface area contributed by atoms with Gasteiger partial charge < -0.3 is 15.3 Å². The summed E-state index contributed by atoms with van der Waals surface area (Å²) in [7, 11) is 0. The summed E-state index contributed by atoms with van der Waals surface area (Å²) in [4.78, 5) is 13.2. The molecule has 4 heteroatoms. The Morgan fingerprint density at radius 3 is 2.89 bits per heavy atom. The van der Waals surface area contributed by atoms with Crippen molar-refractivity contribution in [2.24, 2.45) is 0 Å². The maximum atomic E-state index is 10.9. The van der Waals surface area contributed by atoms with E-state index in [0.29, 0.717) is 0 Å². The van der Waals surface area contributed by atoms with Gasteiger partial charge in [-0.1, -0.05) is 6.07 Å². The van der Waals surface area contributed by atoms with Crippen molar-refractivity contribution >= 4 is 11.7 Å². The number of carboxylic acid groups (broad SMARTS) is 1. The summed E-state index contributed by atoms with van der Waals surface area (Å²) in [6.07, 6.45) is 1.23. The minimum atomic E-state index is -0.737. The van der Waals surface area contributed by atoms with E-state index in [9.17, 15) is 4.79 Å². The Hall–Kier alpha value is -1.55. The number of aliphatic carboxylic acids is 1. The molecule has 4 nitrogen and oxygen atoms in total. The summed E-state index contributed by atoms with van der Waals surface area (Å²) in [6.45, 7) is 6.85. The molecule has 0 radical (unpaired) electrons. The highest BCUT2D eigenvalue weighted by atomic mass is 16.4. The average Bonchev–Trinajstić information content (AvgIpc) is 2.57. The van der Waals surface area contributed by atoms with Gasteiger partial charge in [0.05, 0.1) is 6.42 Å². The predicted molar refractivity (Wildman–Crippen MR) is 76.8 cm³/mol. The zero-order chi connectivity index (χ0) is 13.8. The lowest BCUT2D eigenvalue weighted by molar-refractivity contribution is -0.137. The van der Waals surface area contributed by atoms with Crippen LogP contribution in [0.5, 0.6) is 0 Å². The summed E-state index contributed by atoms with van der Waals surface area (Å²) < 4.78 is 0. The van der Waals surface area contributed by atoms with Gasteiger partial charge in [-0.3, -0.25) is 4.79 Å². The van der Waals surface area contributed by atoms with Crippen molar-refractivity contribution in [2.75, 3.05) is 24.5 Å². The van der Waals surface area contributed by atoms with E-state index in [0.717, 1.165) is 26.1 Å². The standard InChI is InChI=1S/C15H22N2O2/c1-11-4-5-14(8-12(11)2)17-7-3-6-16-13(10-17)9-15(18)19/h4-5,8,13,16H,3,6-7,9-10H2,1-2H3,(H,18,19). The first kappa shape index (κ1) is 13.9. The van der Waals surface area contributed by atoms with Crippen LogP contribution in [0.3, 0.4) is 0 Å². The SMILES string of the molecule is Cc1ccc(N2CCCNC(CC(=O)O)C2)cc1C. The first-order valence-electron chi connectivity index (χ1n) is 6.83. The molecule has 1 atom stereocenters. The average molecular weight is 262 g/mol. The van der Waals surface area contributed by atoms with Gasteiger partial charge in [-0.05, 0) is 50.1 Å². The highest BCUT2D eigenvalue weighted by molar-refractivity contribution is 5.67. The van der Waals surface area contributed by atoms with Gasteiger partial charge in [0, 0.05) is 24.8 Å². The molecule has 1 aromatic rings. The van der Waals surface area contributed by atoms with Crippen LogP contribution in [0.4, 0.5) is 5.69 Å². The van der Waals surface area contributed by atoms with Crippen LogP contribution in [-0.4, -0.2) is 36.8 Å². The fourth-order valence-electron chi connectivity index (χ4n) is 2.50. The number of nitrogens with zero attached hydrogens (tertiary/aromatic N) is 1. The Morgan fingerprint density at radius 1 is 1.42 bits per heavy atom. The third-order valence-electron chi connectivity index (χ3n) is 3.76. The minimum absolute atomic E-state index is 0.0293. The second kappa shape index (κ2) is 6.06. The van der Waals surface area contributed by atoms with Gasteiger partial charge in [-0.2, -0.15) is 0 Å². The van der Waals surface area contributed by atoms with Crippen LogP contribution < -0.4 is 10.2 Å². The van der Waals surface area contributed by atoms with E-state index in [2.05, 4.69) is 42.3 Å². The Balaban J connectivity index is 2.12. The third-order valence-corrected chi connectivity index (χ3v) is 3.76. The van der Waals surface area contributed by atoms with Gasteiger partial charge in [0.15, 0.2) is 0 Å². The zero-order valence-electron chi connectivity index (χ0n) is 11.6. The third kappa shape index (κ3) is 3.70. The van der Waals surface area contributed by atoms with Crippen molar-refractivity contribution in [3.63, 3.8) is 0 Å². The predicted octanol–water partition coefficient (Wildman–Crippen LogP) is 1.95. The van der Waals surface area contributed by atoms with Crippen molar-refractivity contribution in [3.8, 4) is 0 Å². The first-order valence-corrected chi connectivity index (χ1v) is 6.83. The number of nitrogens with one attached hydrogen (secondary N) is 1. The Bertz CT molecular complexity index is 459. The van der Waals surface area contributed by atoms with Crippen LogP contribution in [-0.2, 0) is 4.79 Å². The number of hydrogen-bond acceptors (Lipinski definition) is 3. The molecule has 104 valence electrons. The van der Waals surface area contributed by atoms with Crippen molar-refractivity contribution < 1.29 is 9.90 Å². The van der Waals surface area contributed by atoms with Gasteiger partial charge in [-0.15, -0.1) is 0 Å². The monoisotopic (exact) mass is 262 g/mol. The summed E-state index contributed by atoms with van der Waals surface area (Å²) in [5.74, 6) is -0.737. The second-order valence-electron chi connectivity index (χ2n) is 5.32. The molecule has 1 heterocycles. The number of carbonyl (C=O) groups is 1. The quantitative estimate of drug-likeness (QED) is 0.874. The molecular weight excluding hydrogens is 240 g/mol. The largest absolute Gasteiger partial charge is 0.481 e. The van der Waals surface area contributed by atoms with Crippen molar-refractivity contribution in [2.45, 2.75) is 32.7 Å². The lowest BCUT2D eigenvalue weighted by atomic mass is 10.1. The van der Waals surface area contributed by atoms with E-state index >= 15 is 0 Å². The van der Waals surface area contributed by atoms with Crippen LogP contribution in [0.1, 0.15) is 24.0 Å². The maximum absolute atomic E-state index is 10.9. The molecule has 0 saturated carbocycles. The van der Waals surface area contributed by atoms with E-state index in [4.69, 9.17) is 5.11 Å². The number of benzene rings is 1. The Morgan fingerprint density at radius 2 is 2.21 bits per heavy atom. The van der Waals surface area contributed by atoms with Crippen LogP contribution in [0, 0.1) is 13.8 Å². The molecule has 0 spiro atoms. The van der Waals surface area contributed by atoms with E-state index in [1.165, 1.54) is 16.8 Å². The van der Waals surface area contributed by atoms with Gasteiger partial charge in [0.1, 0.15) is 0 Å². The lowest BCUT2D eigenvalue weighted by Gasteiger charge is -2.26. The van der Waals surface area contributed by atoms with Gasteiger partial charge in [0.2, 0.25) is 0 Å². The molecule has 1 fully saturated rings. The smallest absolute Gasteiger partial charge is 0.304 e. The number of anilines is 1. The topological polar surface area (TPSA) is 52.6 Å². The summed E-state index contributed by atoms with van der Waals surface area (Å²) >= 11 is 0. The van der Waals surface area contributed by atoms with Gasteiger partial charge >= 0.3 is 5.97 Å². The second-order valence-corrected chi connectivity index (χ2v) is 5.32. The number of carboxylic acids is 1. The number of aryl methyl sites for hydroxylation is 2. The molecule has 19 heavy (non-hydrogen) atoms. The Labute approximate surface area is 114 Å². The van der Waals surface area contributed by atoms with E-state index in [1.807, 2.05) is 0 Å². The Kier molecular flexibility index (Phi) is 4.43. The molecule has 0 bridgehead atoms. The van der Waals surface area contributed by atoms with E-state index in [1.54, 1.807) is 0 Å². The highest BCUT2D eigenvalue weighted by Gasteiger charge is 2.20. The summed E-state index contributed by atoms with van der Waals surface area (Å²) in [5.41, 5.74) is 3.77. The molecule has 0 aliphatic carbocycles. The van der Waals surface area contributed by atoms with Crippen molar-refractivity contribution in [1.82, 2.24) is 5.32 Å². The highest BCUT2D eigenvalue weighted by Crippen LogP contribution is 2.20. The van der Waals surface area contributed by atoms with Crippen LogP contribution >= 0.6 is 0 Å². The van der Waals surface area contributed by atoms with Crippen molar-refractivity contribution in [1.29, 1.82) is 0 Å². The summed E-state index contributed by atoms with van der Waals surface area (Å²) in [6, 6.07) is 6.49. The molecular formula is C15H22N2O2. The van der Waals surface area contributed by atoms with Gasteiger partial charge in [0.25, 0.3) is 0 Å². The molecule has 0 amide bonds. The normalized spacial score (nSPS) is 20.1. The van der Waals surface area contributed by atoms with E-state index in [-0.39, 0.29) is 12.5 Å². The van der Waals surface area contributed by atoms with E-state index < -0.39 is 5.97 Å². The lowest BCUT2D eigenvalue weighted by Crippen LogP contribution is -2.39. The molecule has 1 aliphatic rings. The maximum Gasteiger partial charge on any atom is 0.304 e. The number of hydrogen-bond donors (Lipinski definition) is 2. The molecule has 2 N–H and O–H groups in total. The van der Waals surface area contributed by atoms with Crippen molar-refractivity contribution in [3.05, 3.63) is 29.3 Å². The van der Waals surface area contributed by atoms with Crippen LogP contribution in [0.2, 0.25) is 0 Å². The summed E-state index contributed by atoms with van der Waals surface area (Å²) in [5, 5.41) is 12.3.